The molecule has 0 heterocycles. The molecule has 1 rings (SSSR count). The van der Waals surface area contributed by atoms with E-state index in [1.165, 1.54) is 13.2 Å². The molecule has 0 amide bonds. The van der Waals surface area contributed by atoms with Crippen LogP contribution in [-0.4, -0.2) is 44.5 Å². The number of halogens is 3. The number of nitrogens with one attached hydrogen (secondary N) is 2. The first-order valence-corrected chi connectivity index (χ1v) is 9.68. The summed E-state index contributed by atoms with van der Waals surface area (Å²) in [4.78, 5) is 4.51. The van der Waals surface area contributed by atoms with Gasteiger partial charge in [0.1, 0.15) is 11.5 Å². The van der Waals surface area contributed by atoms with Crippen LogP contribution in [0.4, 0.5) is 8.78 Å². The normalized spacial score (nSPS) is 11.8. The fourth-order valence-corrected chi connectivity index (χ4v) is 2.95. The Morgan fingerprint density at radius 3 is 2.41 bits per heavy atom. The lowest BCUT2D eigenvalue weighted by Gasteiger charge is -2.32. The number of aliphatic imine (C=N–C) groups is 1. The van der Waals surface area contributed by atoms with Crippen LogP contribution in [0.15, 0.2) is 23.2 Å². The SMILES string of the molecule is CCNC(=NCc1ccc(OC)cc1OC(F)F)NCC(CC)(CC)CCO.I. The fourth-order valence-electron chi connectivity index (χ4n) is 2.95. The van der Waals surface area contributed by atoms with Crippen molar-refractivity contribution in [2.45, 2.75) is 53.2 Å². The van der Waals surface area contributed by atoms with E-state index in [1.807, 2.05) is 6.92 Å². The van der Waals surface area contributed by atoms with Gasteiger partial charge in [0, 0.05) is 31.3 Å². The van der Waals surface area contributed by atoms with Crippen molar-refractivity contribution < 1.29 is 23.4 Å². The molecule has 9 heteroatoms. The van der Waals surface area contributed by atoms with Crippen molar-refractivity contribution in [1.29, 1.82) is 0 Å². The molecule has 0 saturated heterocycles. The molecule has 3 N–H and O–H groups in total. The standard InChI is InChI=1S/C20H33F2N3O3.HI/c1-5-20(6-2,10-11-26)14-25-19(23-7-3)24-13-15-8-9-16(27-4)12-17(15)28-18(21)22;/h8-9,12,18,26H,5-7,10-11,13-14H2,1-4H3,(H2,23,24,25);1H. The third-order valence-electron chi connectivity index (χ3n) is 5.02. The molecule has 0 unspecified atom stereocenters. The van der Waals surface area contributed by atoms with E-state index >= 15 is 0 Å². The third-order valence-corrected chi connectivity index (χ3v) is 5.02. The molecule has 0 aliphatic carbocycles. The zero-order chi connectivity index (χ0) is 21.0. The molecule has 0 aliphatic heterocycles. The van der Waals surface area contributed by atoms with Crippen LogP contribution in [0.25, 0.3) is 0 Å². The van der Waals surface area contributed by atoms with Gasteiger partial charge in [-0.3, -0.25) is 0 Å². The van der Waals surface area contributed by atoms with Gasteiger partial charge >= 0.3 is 6.61 Å². The van der Waals surface area contributed by atoms with E-state index in [2.05, 4.69) is 34.2 Å². The Kier molecular flexibility index (Phi) is 13.9. The molecule has 29 heavy (non-hydrogen) atoms. The van der Waals surface area contributed by atoms with Gasteiger partial charge in [-0.05, 0) is 43.7 Å². The van der Waals surface area contributed by atoms with Crippen LogP contribution in [0.2, 0.25) is 0 Å². The van der Waals surface area contributed by atoms with Crippen LogP contribution in [0.1, 0.15) is 45.6 Å². The molecule has 168 valence electrons. The predicted molar refractivity (Wildman–Crippen MR) is 123 cm³/mol. The van der Waals surface area contributed by atoms with Gasteiger partial charge in [0.2, 0.25) is 0 Å². The van der Waals surface area contributed by atoms with Crippen molar-refractivity contribution in [2.75, 3.05) is 26.8 Å². The number of aliphatic hydroxyl groups excluding tert-OH is 1. The Morgan fingerprint density at radius 2 is 1.90 bits per heavy atom. The minimum atomic E-state index is -2.92. The zero-order valence-corrected chi connectivity index (χ0v) is 20.0. The largest absolute Gasteiger partial charge is 0.497 e. The second kappa shape index (κ2) is 14.6. The second-order valence-corrected chi connectivity index (χ2v) is 6.58. The van der Waals surface area contributed by atoms with Gasteiger partial charge in [-0.1, -0.05) is 13.8 Å². The van der Waals surface area contributed by atoms with E-state index in [0.29, 0.717) is 36.8 Å². The average Bonchev–Trinajstić information content (AvgIpc) is 2.69. The van der Waals surface area contributed by atoms with Gasteiger partial charge < -0.3 is 25.2 Å². The number of aliphatic hydroxyl groups is 1. The zero-order valence-electron chi connectivity index (χ0n) is 17.6. The number of alkyl halides is 2. The first-order valence-electron chi connectivity index (χ1n) is 9.68. The summed E-state index contributed by atoms with van der Waals surface area (Å²) in [6, 6.07) is 4.78. The molecule has 6 nitrogen and oxygen atoms in total. The van der Waals surface area contributed by atoms with Gasteiger partial charge in [0.25, 0.3) is 0 Å². The minimum absolute atomic E-state index is 0. The van der Waals surface area contributed by atoms with Gasteiger partial charge in [0.05, 0.1) is 13.7 Å². The van der Waals surface area contributed by atoms with Gasteiger partial charge in [0.15, 0.2) is 5.96 Å². The summed E-state index contributed by atoms with van der Waals surface area (Å²) in [7, 11) is 1.46. The summed E-state index contributed by atoms with van der Waals surface area (Å²) in [5, 5.41) is 15.8. The van der Waals surface area contributed by atoms with E-state index in [4.69, 9.17) is 4.74 Å². The van der Waals surface area contributed by atoms with Crippen molar-refractivity contribution in [3.63, 3.8) is 0 Å². The Labute approximate surface area is 189 Å². The molecule has 0 spiro atoms. The molecule has 1 aromatic rings. The number of rotatable bonds is 12. The number of methoxy groups -OCH3 is 1. The predicted octanol–water partition coefficient (Wildman–Crippen LogP) is 4.16. The number of nitrogens with zero attached hydrogens (tertiary/aromatic N) is 1. The highest BCUT2D eigenvalue weighted by atomic mass is 127. The maximum atomic E-state index is 12.7. The lowest BCUT2D eigenvalue weighted by molar-refractivity contribution is -0.0505. The number of hydrogen-bond donors (Lipinski definition) is 3. The fraction of sp³-hybridized carbons (Fsp3) is 0.650. The molecule has 0 aromatic heterocycles. The molecule has 0 radical (unpaired) electrons. The highest BCUT2D eigenvalue weighted by Gasteiger charge is 2.25. The molecule has 0 bridgehead atoms. The Morgan fingerprint density at radius 1 is 1.21 bits per heavy atom. The van der Waals surface area contributed by atoms with Crippen LogP contribution in [0.3, 0.4) is 0 Å². The van der Waals surface area contributed by atoms with E-state index in [-0.39, 0.29) is 48.3 Å². The topological polar surface area (TPSA) is 75.1 Å². The minimum Gasteiger partial charge on any atom is -0.497 e. The van der Waals surface area contributed by atoms with Crippen molar-refractivity contribution in [1.82, 2.24) is 10.6 Å². The molecular formula is C20H34F2IN3O3. The number of benzene rings is 1. The molecule has 1 aromatic carbocycles. The molecular weight excluding hydrogens is 495 g/mol. The third kappa shape index (κ3) is 9.33. The molecule has 0 saturated carbocycles. The molecule has 0 fully saturated rings. The number of ether oxygens (including phenoxy) is 2. The molecule has 0 atom stereocenters. The Bertz CT molecular complexity index is 615. The maximum Gasteiger partial charge on any atom is 0.387 e. The summed E-state index contributed by atoms with van der Waals surface area (Å²) in [5.41, 5.74) is 0.514. The average molecular weight is 529 g/mol. The van der Waals surface area contributed by atoms with E-state index < -0.39 is 6.61 Å². The maximum absolute atomic E-state index is 12.7. The highest BCUT2D eigenvalue weighted by Crippen LogP contribution is 2.29. The monoisotopic (exact) mass is 529 g/mol. The van der Waals surface area contributed by atoms with Crippen LogP contribution in [0.5, 0.6) is 11.5 Å². The summed E-state index contributed by atoms with van der Waals surface area (Å²) in [5.74, 6) is 1.07. The van der Waals surface area contributed by atoms with Crippen molar-refractivity contribution in [3.8, 4) is 11.5 Å². The highest BCUT2D eigenvalue weighted by molar-refractivity contribution is 14.0. The van der Waals surface area contributed by atoms with Gasteiger partial charge in [-0.25, -0.2) is 4.99 Å². The quantitative estimate of drug-likeness (QED) is 0.216. The van der Waals surface area contributed by atoms with Crippen molar-refractivity contribution in [2.24, 2.45) is 10.4 Å². The number of guanidine groups is 1. The lowest BCUT2D eigenvalue weighted by Crippen LogP contribution is -2.43. The van der Waals surface area contributed by atoms with Crippen molar-refractivity contribution in [3.05, 3.63) is 23.8 Å². The van der Waals surface area contributed by atoms with E-state index in [9.17, 15) is 13.9 Å². The second-order valence-electron chi connectivity index (χ2n) is 6.58. The van der Waals surface area contributed by atoms with Gasteiger partial charge in [-0.15, -0.1) is 24.0 Å². The van der Waals surface area contributed by atoms with Crippen LogP contribution in [0, 0.1) is 5.41 Å². The molecule has 0 aliphatic rings. The smallest absolute Gasteiger partial charge is 0.387 e. The first-order chi connectivity index (χ1) is 13.4. The lowest BCUT2D eigenvalue weighted by atomic mass is 9.79. The summed E-state index contributed by atoms with van der Waals surface area (Å²) in [6.07, 6.45) is 2.57. The number of hydrogen-bond acceptors (Lipinski definition) is 4. The van der Waals surface area contributed by atoms with Crippen LogP contribution in [-0.2, 0) is 6.54 Å². The Hall–Kier alpha value is -1.36. The summed E-state index contributed by atoms with van der Waals surface area (Å²) in [6.45, 7) is 4.89. The first kappa shape index (κ1) is 27.6. The van der Waals surface area contributed by atoms with Gasteiger partial charge in [-0.2, -0.15) is 8.78 Å². The summed E-state index contributed by atoms with van der Waals surface area (Å²) >= 11 is 0. The summed E-state index contributed by atoms with van der Waals surface area (Å²) < 4.78 is 35.1. The van der Waals surface area contributed by atoms with Crippen molar-refractivity contribution >= 4 is 29.9 Å². The Balaban J connectivity index is 0.00000784. The van der Waals surface area contributed by atoms with E-state index in [0.717, 1.165) is 12.8 Å². The van der Waals surface area contributed by atoms with Crippen LogP contribution < -0.4 is 20.1 Å². The van der Waals surface area contributed by atoms with E-state index in [1.54, 1.807) is 12.1 Å². The van der Waals surface area contributed by atoms with Crippen LogP contribution >= 0.6 is 24.0 Å².